The Morgan fingerprint density at radius 2 is 2.00 bits per heavy atom. The molecule has 0 bridgehead atoms. The summed E-state index contributed by atoms with van der Waals surface area (Å²) in [5.74, 6) is 0.375. The maximum Gasteiger partial charge on any atom is 0.0269 e. The molecule has 10 heavy (non-hydrogen) atoms. The summed E-state index contributed by atoms with van der Waals surface area (Å²) in [7, 11) is 0. The van der Waals surface area contributed by atoms with Crippen LogP contribution in [0.2, 0.25) is 0 Å². The zero-order chi connectivity index (χ0) is 9.41. The van der Waals surface area contributed by atoms with Crippen LogP contribution in [0.15, 0.2) is 0 Å². The van der Waals surface area contributed by atoms with E-state index in [4.69, 9.17) is 2.74 Å². The molecular formula is C10H20. The predicted molar refractivity (Wildman–Crippen MR) is 46.0 cm³/mol. The highest BCUT2D eigenvalue weighted by Crippen LogP contribution is 2.35. The molecule has 0 radical (unpaired) electrons. The summed E-state index contributed by atoms with van der Waals surface area (Å²) >= 11 is 0. The molecule has 60 valence electrons. The van der Waals surface area contributed by atoms with Gasteiger partial charge in [-0.15, -0.1) is 0 Å². The lowest BCUT2D eigenvalue weighted by Gasteiger charge is -2.17. The van der Waals surface area contributed by atoms with E-state index in [-0.39, 0.29) is 5.41 Å². The lowest BCUT2D eigenvalue weighted by atomic mass is 9.89. The molecule has 0 heteroatoms. The first kappa shape index (κ1) is 5.62. The molecule has 0 heterocycles. The van der Waals surface area contributed by atoms with Gasteiger partial charge >= 0.3 is 0 Å². The van der Waals surface area contributed by atoms with Gasteiger partial charge in [-0.25, -0.2) is 0 Å². The number of hydrogen-bond donors (Lipinski definition) is 0. The van der Waals surface area contributed by atoms with E-state index in [2.05, 4.69) is 20.8 Å². The fourth-order valence-corrected chi connectivity index (χ4v) is 0.939. The lowest BCUT2D eigenvalue weighted by molar-refractivity contribution is 0.356. The van der Waals surface area contributed by atoms with Crippen molar-refractivity contribution in [3.8, 4) is 0 Å². The second kappa shape index (κ2) is 2.94. The van der Waals surface area contributed by atoms with Crippen molar-refractivity contribution >= 4 is 0 Å². The van der Waals surface area contributed by atoms with Crippen LogP contribution in [0.4, 0.5) is 0 Å². The first-order valence-corrected chi connectivity index (χ1v) is 4.31. The summed E-state index contributed by atoms with van der Waals surface area (Å²) in [6.45, 7) is 6.53. The van der Waals surface area contributed by atoms with Crippen molar-refractivity contribution in [1.82, 2.24) is 0 Å². The van der Waals surface area contributed by atoms with Gasteiger partial charge in [0.25, 0.3) is 0 Å². The van der Waals surface area contributed by atoms with Crippen molar-refractivity contribution in [1.29, 1.82) is 0 Å². The second-order valence-corrected chi connectivity index (χ2v) is 4.54. The van der Waals surface area contributed by atoms with Gasteiger partial charge in [0.05, 0.1) is 0 Å². The highest BCUT2D eigenvalue weighted by atomic mass is 14.3. The molecule has 0 atom stereocenters. The van der Waals surface area contributed by atoms with Gasteiger partial charge < -0.3 is 0 Å². The third-order valence-electron chi connectivity index (χ3n) is 1.89. The van der Waals surface area contributed by atoms with Crippen molar-refractivity contribution < 1.29 is 2.74 Å². The van der Waals surface area contributed by atoms with E-state index in [0.29, 0.717) is 5.92 Å². The summed E-state index contributed by atoms with van der Waals surface area (Å²) in [6, 6.07) is 0. The van der Waals surface area contributed by atoms with Gasteiger partial charge in [0.2, 0.25) is 0 Å². The minimum absolute atomic E-state index is 0.280. The standard InChI is InChI=1S/C10H20/c1-10(2,3)8-4-5-9-6-7-9/h9H,4-8H2,1-3H3/i5D2. The minimum Gasteiger partial charge on any atom is -0.0602 e. The molecule has 0 nitrogen and oxygen atoms in total. The molecule has 0 spiro atoms. The Hall–Kier alpha value is 0. The molecule has 0 aromatic heterocycles. The van der Waals surface area contributed by atoms with E-state index >= 15 is 0 Å². The predicted octanol–water partition coefficient (Wildman–Crippen LogP) is 3.61. The molecule has 0 aromatic rings. The Bertz CT molecular complexity index is 152. The fraction of sp³-hybridized carbons (Fsp3) is 1.00. The molecule has 1 aliphatic rings. The van der Waals surface area contributed by atoms with Crippen LogP contribution in [0.25, 0.3) is 0 Å². The summed E-state index contributed by atoms with van der Waals surface area (Å²) in [4.78, 5) is 0. The highest BCUT2D eigenvalue weighted by Gasteiger charge is 2.21. The van der Waals surface area contributed by atoms with Crippen LogP contribution in [0.3, 0.4) is 0 Å². The average molecular weight is 142 g/mol. The van der Waals surface area contributed by atoms with Gasteiger partial charge in [-0.05, 0) is 17.8 Å². The van der Waals surface area contributed by atoms with Crippen LogP contribution >= 0.6 is 0 Å². The Kier molecular flexibility index (Phi) is 1.65. The number of hydrogen-bond acceptors (Lipinski definition) is 0. The molecule has 0 aromatic carbocycles. The zero-order valence-electron chi connectivity index (χ0n) is 9.41. The molecule has 0 saturated heterocycles. The molecule has 1 rings (SSSR count). The Labute approximate surface area is 67.8 Å². The third-order valence-corrected chi connectivity index (χ3v) is 1.89. The fourth-order valence-electron chi connectivity index (χ4n) is 0.939. The average Bonchev–Trinajstić information content (AvgIpc) is 2.62. The van der Waals surface area contributed by atoms with Crippen LogP contribution in [0.1, 0.15) is 55.6 Å². The molecule has 1 saturated carbocycles. The van der Waals surface area contributed by atoms with Crippen LogP contribution in [0, 0.1) is 11.3 Å². The summed E-state index contributed by atoms with van der Waals surface area (Å²) in [5, 5.41) is 0. The SMILES string of the molecule is [2H]C([2H])(CCC(C)(C)C)C1CC1. The van der Waals surface area contributed by atoms with Crippen molar-refractivity contribution in [3.63, 3.8) is 0 Å². The molecule has 1 aliphatic carbocycles. The van der Waals surface area contributed by atoms with Gasteiger partial charge in [-0.3, -0.25) is 0 Å². The molecule has 0 N–H and O–H groups in total. The van der Waals surface area contributed by atoms with Crippen LogP contribution in [0.5, 0.6) is 0 Å². The van der Waals surface area contributed by atoms with Crippen molar-refractivity contribution in [2.45, 2.75) is 52.8 Å². The van der Waals surface area contributed by atoms with Gasteiger partial charge in [-0.1, -0.05) is 46.4 Å². The van der Waals surface area contributed by atoms with E-state index in [0.717, 1.165) is 25.7 Å². The van der Waals surface area contributed by atoms with Gasteiger partial charge in [-0.2, -0.15) is 0 Å². The Morgan fingerprint density at radius 3 is 2.40 bits per heavy atom. The van der Waals surface area contributed by atoms with E-state index in [1.807, 2.05) is 0 Å². The Balaban J connectivity index is 2.30. The maximum absolute atomic E-state index is 7.79. The van der Waals surface area contributed by atoms with Gasteiger partial charge in [0, 0.05) is 2.74 Å². The van der Waals surface area contributed by atoms with E-state index in [1.54, 1.807) is 0 Å². The van der Waals surface area contributed by atoms with Gasteiger partial charge in [0.1, 0.15) is 0 Å². The van der Waals surface area contributed by atoms with Crippen LogP contribution < -0.4 is 0 Å². The zero-order valence-corrected chi connectivity index (χ0v) is 7.41. The van der Waals surface area contributed by atoms with E-state index < -0.39 is 6.37 Å². The molecule has 0 amide bonds. The largest absolute Gasteiger partial charge is 0.0602 e. The quantitative estimate of drug-likeness (QED) is 0.564. The first-order chi connectivity index (χ1) is 5.31. The van der Waals surface area contributed by atoms with E-state index in [1.165, 1.54) is 0 Å². The monoisotopic (exact) mass is 142 g/mol. The molecule has 1 fully saturated rings. The molecular weight excluding hydrogens is 120 g/mol. The minimum atomic E-state index is -0.882. The van der Waals surface area contributed by atoms with Crippen LogP contribution in [-0.4, -0.2) is 0 Å². The van der Waals surface area contributed by atoms with Crippen molar-refractivity contribution in [3.05, 3.63) is 0 Å². The van der Waals surface area contributed by atoms with Gasteiger partial charge in [0.15, 0.2) is 0 Å². The molecule has 0 aliphatic heterocycles. The molecule has 0 unspecified atom stereocenters. The smallest absolute Gasteiger partial charge is 0.0269 e. The number of rotatable bonds is 3. The third kappa shape index (κ3) is 3.92. The normalized spacial score (nSPS) is 23.9. The maximum atomic E-state index is 7.79. The highest BCUT2D eigenvalue weighted by molar-refractivity contribution is 4.73. The second-order valence-electron chi connectivity index (χ2n) is 4.54. The summed E-state index contributed by atoms with van der Waals surface area (Å²) < 4.78 is 15.6. The summed E-state index contributed by atoms with van der Waals surface area (Å²) in [6.07, 6.45) is 3.07. The first-order valence-electron chi connectivity index (χ1n) is 5.31. The van der Waals surface area contributed by atoms with Crippen molar-refractivity contribution in [2.75, 3.05) is 0 Å². The Morgan fingerprint density at radius 1 is 1.40 bits per heavy atom. The summed E-state index contributed by atoms with van der Waals surface area (Å²) in [5.41, 5.74) is 0.280. The lowest BCUT2D eigenvalue weighted by Crippen LogP contribution is -2.03. The topological polar surface area (TPSA) is 0 Å². The van der Waals surface area contributed by atoms with Crippen molar-refractivity contribution in [2.24, 2.45) is 11.3 Å². The van der Waals surface area contributed by atoms with Crippen LogP contribution in [-0.2, 0) is 0 Å². The van der Waals surface area contributed by atoms with E-state index in [9.17, 15) is 0 Å².